The molecule has 0 atom stereocenters. The number of non-ortho nitro benzene ring substituents is 1. The van der Waals surface area contributed by atoms with E-state index in [1.165, 1.54) is 12.1 Å². The average molecular weight is 452 g/mol. The van der Waals surface area contributed by atoms with Gasteiger partial charge in [-0.15, -0.1) is 0 Å². The van der Waals surface area contributed by atoms with Crippen LogP contribution < -0.4 is 9.47 Å². The summed E-state index contributed by atoms with van der Waals surface area (Å²) in [5, 5.41) is 11.1. The number of carbonyl (C=O) groups excluding carboxylic acids is 1. The molecule has 0 fully saturated rings. The van der Waals surface area contributed by atoms with Crippen molar-refractivity contribution >= 4 is 27.6 Å². The molecular weight excluding hydrogens is 434 g/mol. The number of nitrogens with zero attached hydrogens (tertiary/aromatic N) is 1. The van der Waals surface area contributed by atoms with Crippen LogP contribution in [0.3, 0.4) is 0 Å². The third-order valence-corrected chi connectivity index (χ3v) is 4.45. The van der Waals surface area contributed by atoms with Gasteiger partial charge in [0.25, 0.3) is 5.69 Å². The molecule has 1 heterocycles. The highest BCUT2D eigenvalue weighted by Gasteiger charge is 2.21. The van der Waals surface area contributed by atoms with E-state index >= 15 is 0 Å². The fourth-order valence-corrected chi connectivity index (χ4v) is 3.07. The third-order valence-electron chi connectivity index (χ3n) is 3.96. The van der Waals surface area contributed by atoms with Gasteiger partial charge in [0.15, 0.2) is 6.79 Å². The summed E-state index contributed by atoms with van der Waals surface area (Å²) < 4.78 is 22.3. The number of rotatable bonds is 8. The number of halogens is 1. The highest BCUT2D eigenvalue weighted by Crippen LogP contribution is 2.33. The topological polar surface area (TPSA) is 97.1 Å². The van der Waals surface area contributed by atoms with Crippen molar-refractivity contribution < 1.29 is 28.7 Å². The maximum absolute atomic E-state index is 12.0. The molecular formula is C19H18BrNO7. The summed E-state index contributed by atoms with van der Waals surface area (Å²) in [6, 6.07) is 10.2. The Hall–Kier alpha value is -2.65. The van der Waals surface area contributed by atoms with E-state index in [2.05, 4.69) is 15.9 Å². The van der Waals surface area contributed by atoms with Crippen LogP contribution in [0.25, 0.3) is 0 Å². The summed E-state index contributed by atoms with van der Waals surface area (Å²) >= 11 is 3.36. The van der Waals surface area contributed by atoms with E-state index < -0.39 is 10.9 Å². The van der Waals surface area contributed by atoms with Crippen molar-refractivity contribution in [2.75, 3.05) is 13.4 Å². The van der Waals surface area contributed by atoms with Crippen molar-refractivity contribution in [3.63, 3.8) is 0 Å². The lowest BCUT2D eigenvalue weighted by atomic mass is 10.1. The van der Waals surface area contributed by atoms with E-state index in [9.17, 15) is 14.9 Å². The minimum absolute atomic E-state index is 0.0543. The first-order valence-electron chi connectivity index (χ1n) is 8.57. The number of nitro groups is 1. The van der Waals surface area contributed by atoms with Crippen molar-refractivity contribution in [2.45, 2.75) is 26.1 Å². The van der Waals surface area contributed by atoms with Crippen LogP contribution in [0, 0.1) is 10.1 Å². The largest absolute Gasteiger partial charge is 0.494 e. The molecule has 2 aromatic carbocycles. The molecule has 0 aliphatic carbocycles. The number of carbonyl (C=O) groups is 1. The predicted molar refractivity (Wildman–Crippen MR) is 102 cm³/mol. The van der Waals surface area contributed by atoms with Crippen LogP contribution in [-0.2, 0) is 27.5 Å². The average Bonchev–Trinajstić information content (AvgIpc) is 2.69. The second-order valence-electron chi connectivity index (χ2n) is 6.03. The standard InChI is InChI=1S/C19H18BrNO7/c20-15-3-1-4-17(9-15)26-6-2-5-18(22)27-11-14-8-16(21(23)24)7-13-10-25-12-28-19(13)14/h1,3-4,7-9H,2,5-6,10-12H2. The molecule has 0 bridgehead atoms. The number of nitro benzene ring substituents is 1. The number of esters is 1. The first-order chi connectivity index (χ1) is 13.5. The van der Waals surface area contributed by atoms with E-state index in [4.69, 9.17) is 18.9 Å². The minimum atomic E-state index is -0.501. The highest BCUT2D eigenvalue weighted by molar-refractivity contribution is 9.10. The fraction of sp³-hybridized carbons (Fsp3) is 0.316. The molecule has 1 aliphatic rings. The quantitative estimate of drug-likeness (QED) is 0.257. The van der Waals surface area contributed by atoms with Crippen LogP contribution in [0.4, 0.5) is 5.69 Å². The van der Waals surface area contributed by atoms with Gasteiger partial charge in [-0.1, -0.05) is 22.0 Å². The molecule has 28 heavy (non-hydrogen) atoms. The molecule has 0 unspecified atom stereocenters. The Labute approximate surface area is 169 Å². The van der Waals surface area contributed by atoms with Crippen molar-refractivity contribution in [2.24, 2.45) is 0 Å². The molecule has 2 aromatic rings. The Balaban J connectivity index is 1.50. The van der Waals surface area contributed by atoms with Gasteiger partial charge < -0.3 is 18.9 Å². The molecule has 0 amide bonds. The molecule has 3 rings (SSSR count). The summed E-state index contributed by atoms with van der Waals surface area (Å²) in [5.74, 6) is 0.776. The molecule has 8 nitrogen and oxygen atoms in total. The number of ether oxygens (including phenoxy) is 4. The van der Waals surface area contributed by atoms with E-state index in [0.29, 0.717) is 35.7 Å². The fourth-order valence-electron chi connectivity index (χ4n) is 2.69. The van der Waals surface area contributed by atoms with Gasteiger partial charge in [-0.05, 0) is 24.6 Å². The van der Waals surface area contributed by atoms with E-state index in [1.807, 2.05) is 24.3 Å². The monoisotopic (exact) mass is 451 g/mol. The van der Waals surface area contributed by atoms with Gasteiger partial charge in [-0.25, -0.2) is 0 Å². The van der Waals surface area contributed by atoms with Gasteiger partial charge in [0.05, 0.1) is 18.1 Å². The zero-order valence-corrected chi connectivity index (χ0v) is 16.5. The van der Waals surface area contributed by atoms with Gasteiger partial charge in [0.1, 0.15) is 18.1 Å². The predicted octanol–water partition coefficient (Wildman–Crippen LogP) is 4.13. The van der Waals surface area contributed by atoms with Crippen molar-refractivity contribution in [1.29, 1.82) is 0 Å². The van der Waals surface area contributed by atoms with Crippen molar-refractivity contribution in [1.82, 2.24) is 0 Å². The number of hydrogen-bond donors (Lipinski definition) is 0. The molecule has 0 aromatic heterocycles. The lowest BCUT2D eigenvalue weighted by Gasteiger charge is -2.20. The second kappa shape index (κ2) is 9.52. The van der Waals surface area contributed by atoms with E-state index in [1.54, 1.807) is 0 Å². The molecule has 0 spiro atoms. The Kier molecular flexibility index (Phi) is 6.83. The summed E-state index contributed by atoms with van der Waals surface area (Å²) in [7, 11) is 0. The van der Waals surface area contributed by atoms with Gasteiger partial charge in [-0.2, -0.15) is 0 Å². The SMILES string of the molecule is O=C(CCCOc1cccc(Br)c1)OCc1cc([N+](=O)[O-])cc2c1OCOC2. The Morgan fingerprint density at radius 1 is 1.29 bits per heavy atom. The van der Waals surface area contributed by atoms with Crippen LogP contribution >= 0.6 is 15.9 Å². The van der Waals surface area contributed by atoms with Crippen LogP contribution in [0.2, 0.25) is 0 Å². The first kappa shape index (κ1) is 20.1. The van der Waals surface area contributed by atoms with E-state index in [0.717, 1.165) is 4.47 Å². The Morgan fingerprint density at radius 3 is 2.93 bits per heavy atom. The Bertz CT molecular complexity index is 871. The number of fused-ring (bicyclic) bond motifs is 1. The van der Waals surface area contributed by atoms with Gasteiger partial charge in [-0.3, -0.25) is 14.9 Å². The molecule has 1 aliphatic heterocycles. The Morgan fingerprint density at radius 2 is 2.14 bits per heavy atom. The molecule has 0 radical (unpaired) electrons. The summed E-state index contributed by atoms with van der Waals surface area (Å²) in [6.07, 6.45) is 0.665. The maximum atomic E-state index is 12.0. The number of benzene rings is 2. The maximum Gasteiger partial charge on any atom is 0.306 e. The molecule has 9 heteroatoms. The van der Waals surface area contributed by atoms with Gasteiger partial charge in [0, 0.05) is 34.2 Å². The van der Waals surface area contributed by atoms with Crippen LogP contribution in [0.5, 0.6) is 11.5 Å². The molecule has 0 saturated heterocycles. The normalized spacial score (nSPS) is 12.6. The minimum Gasteiger partial charge on any atom is -0.494 e. The van der Waals surface area contributed by atoms with Crippen molar-refractivity contribution in [3.8, 4) is 11.5 Å². The van der Waals surface area contributed by atoms with E-state index in [-0.39, 0.29) is 32.1 Å². The smallest absolute Gasteiger partial charge is 0.306 e. The second-order valence-corrected chi connectivity index (χ2v) is 6.95. The zero-order valence-electron chi connectivity index (χ0n) is 14.9. The van der Waals surface area contributed by atoms with Crippen molar-refractivity contribution in [3.05, 3.63) is 62.1 Å². The van der Waals surface area contributed by atoms with Gasteiger partial charge >= 0.3 is 5.97 Å². The summed E-state index contributed by atoms with van der Waals surface area (Å²) in [6.45, 7) is 0.539. The van der Waals surface area contributed by atoms with Gasteiger partial charge in [0.2, 0.25) is 0 Å². The first-order valence-corrected chi connectivity index (χ1v) is 9.37. The molecule has 0 N–H and O–H groups in total. The number of hydrogen-bond acceptors (Lipinski definition) is 7. The lowest BCUT2D eigenvalue weighted by Crippen LogP contribution is -2.15. The molecule has 0 saturated carbocycles. The zero-order chi connectivity index (χ0) is 19.9. The van der Waals surface area contributed by atoms with Crippen LogP contribution in [0.15, 0.2) is 40.9 Å². The third kappa shape index (κ3) is 5.43. The summed E-state index contributed by atoms with van der Waals surface area (Å²) in [5.41, 5.74) is 0.918. The lowest BCUT2D eigenvalue weighted by molar-refractivity contribution is -0.385. The van der Waals surface area contributed by atoms with Crippen LogP contribution in [-0.4, -0.2) is 24.3 Å². The summed E-state index contributed by atoms with van der Waals surface area (Å²) in [4.78, 5) is 22.6. The van der Waals surface area contributed by atoms with Crippen LogP contribution in [0.1, 0.15) is 24.0 Å². The highest BCUT2D eigenvalue weighted by atomic mass is 79.9. The molecule has 148 valence electrons.